The Bertz CT molecular complexity index is 1660. The van der Waals surface area contributed by atoms with E-state index in [1.54, 1.807) is 24.4 Å². The van der Waals surface area contributed by atoms with Gasteiger partial charge in [-0.3, -0.25) is 9.56 Å². The molecule has 1 fully saturated rings. The van der Waals surface area contributed by atoms with Crippen molar-refractivity contribution in [1.82, 2.24) is 14.5 Å². The van der Waals surface area contributed by atoms with E-state index in [4.69, 9.17) is 39.3 Å². The maximum atomic E-state index is 15.1. The van der Waals surface area contributed by atoms with Crippen LogP contribution in [0.3, 0.4) is 0 Å². The molecule has 0 aliphatic carbocycles. The lowest BCUT2D eigenvalue weighted by molar-refractivity contribution is -0.0604. The van der Waals surface area contributed by atoms with E-state index in [9.17, 15) is 4.79 Å². The summed E-state index contributed by atoms with van der Waals surface area (Å²) in [5.74, 6) is -0.473. The number of aromatic amines is 1. The number of halogens is 2. The van der Waals surface area contributed by atoms with Gasteiger partial charge in [-0.25, -0.2) is 9.18 Å². The van der Waals surface area contributed by atoms with Crippen molar-refractivity contribution in [3.05, 3.63) is 81.1 Å². The number of ether oxygens (including phenoxy) is 1. The third-order valence-corrected chi connectivity index (χ3v) is 8.01. The Morgan fingerprint density at radius 3 is 2.72 bits per heavy atom. The molecular weight excluding hydrogens is 571 g/mol. The summed E-state index contributed by atoms with van der Waals surface area (Å²) in [7, 11) is 0. The number of nitrogens with zero attached hydrogens (tertiary/aromatic N) is 3. The van der Waals surface area contributed by atoms with Crippen molar-refractivity contribution < 1.29 is 9.13 Å². The number of aliphatic imine (C=N–C) groups is 1. The summed E-state index contributed by atoms with van der Waals surface area (Å²) in [5, 5.41) is 0.698. The predicted molar refractivity (Wildman–Crippen MR) is 169 cm³/mol. The van der Waals surface area contributed by atoms with Crippen molar-refractivity contribution in [2.75, 3.05) is 6.54 Å². The second-order valence-corrected chi connectivity index (χ2v) is 11.8. The number of guanidine groups is 1. The summed E-state index contributed by atoms with van der Waals surface area (Å²) >= 11 is 6.24. The molecule has 228 valence electrons. The van der Waals surface area contributed by atoms with Gasteiger partial charge in [0.1, 0.15) is 5.65 Å². The lowest BCUT2D eigenvalue weighted by Crippen LogP contribution is -2.37. The summed E-state index contributed by atoms with van der Waals surface area (Å²) in [6.45, 7) is 2.44. The largest absolute Gasteiger partial charge is 0.370 e. The average Bonchev–Trinajstić information content (AvgIpc) is 3.36. The lowest BCUT2D eigenvalue weighted by atomic mass is 9.93. The van der Waals surface area contributed by atoms with Crippen LogP contribution < -0.4 is 28.6 Å². The standard InChI is InChI=1S/C31H38ClFN8O2/c1-17(34)3-2-4-18-11-24(28(33)25(32)12-18)26-13-20-16-41(31(42)40-29(20)39-26)22-7-5-19(6-8-22)27-15-21(35)14-23(43-27)9-10-38-30(36)37/h5-8,11-13,16-17,21,23,27H,2-4,9-10,14-15,34-35H2,1H3,(H4,36,37,38)(H,39,40,42). The Hall–Kier alpha value is -3.77. The fraction of sp³-hybridized carbons (Fsp3) is 0.387. The minimum absolute atomic E-state index is 0.00491. The molecule has 1 aliphatic heterocycles. The third kappa shape index (κ3) is 7.42. The number of benzene rings is 2. The molecule has 2 aromatic heterocycles. The molecule has 1 aliphatic rings. The van der Waals surface area contributed by atoms with Gasteiger partial charge in [-0.05, 0) is 86.9 Å². The molecule has 5 rings (SSSR count). The maximum absolute atomic E-state index is 15.1. The Balaban J connectivity index is 1.37. The van der Waals surface area contributed by atoms with Crippen LogP contribution >= 0.6 is 11.6 Å². The van der Waals surface area contributed by atoms with Gasteiger partial charge in [0.15, 0.2) is 11.8 Å². The Morgan fingerprint density at radius 2 is 2.00 bits per heavy atom. The molecule has 1 saturated heterocycles. The summed E-state index contributed by atoms with van der Waals surface area (Å²) < 4.78 is 22.9. The number of hydrogen-bond donors (Lipinski definition) is 5. The van der Waals surface area contributed by atoms with E-state index in [1.165, 1.54) is 4.57 Å². The molecule has 3 heterocycles. The van der Waals surface area contributed by atoms with Crippen molar-refractivity contribution in [2.45, 2.75) is 69.7 Å². The maximum Gasteiger partial charge on any atom is 0.354 e. The van der Waals surface area contributed by atoms with Crippen molar-refractivity contribution >= 4 is 28.6 Å². The molecule has 2 aromatic carbocycles. The molecule has 4 aromatic rings. The number of nitrogens with two attached hydrogens (primary N) is 4. The lowest BCUT2D eigenvalue weighted by Gasteiger charge is -2.34. The van der Waals surface area contributed by atoms with Gasteiger partial charge < -0.3 is 32.7 Å². The van der Waals surface area contributed by atoms with Crippen LogP contribution in [-0.2, 0) is 11.2 Å². The van der Waals surface area contributed by atoms with Crippen LogP contribution in [0.25, 0.3) is 28.0 Å². The highest BCUT2D eigenvalue weighted by atomic mass is 35.5. The Kier molecular flexibility index (Phi) is 9.46. The van der Waals surface area contributed by atoms with Crippen molar-refractivity contribution in [2.24, 2.45) is 27.9 Å². The normalized spacial score (nSPS) is 19.4. The van der Waals surface area contributed by atoms with Crippen molar-refractivity contribution in [3.63, 3.8) is 0 Å². The van der Waals surface area contributed by atoms with Crippen molar-refractivity contribution in [1.29, 1.82) is 0 Å². The minimum Gasteiger partial charge on any atom is -0.370 e. The smallest absolute Gasteiger partial charge is 0.354 e. The van der Waals surface area contributed by atoms with E-state index >= 15 is 4.39 Å². The van der Waals surface area contributed by atoms with Gasteiger partial charge in [-0.1, -0.05) is 23.7 Å². The molecule has 43 heavy (non-hydrogen) atoms. The first-order valence-corrected chi connectivity index (χ1v) is 14.9. The molecule has 10 nitrogen and oxygen atoms in total. The fourth-order valence-corrected chi connectivity index (χ4v) is 5.82. The summed E-state index contributed by atoms with van der Waals surface area (Å²) in [6, 6.07) is 12.8. The molecule has 9 N–H and O–H groups in total. The molecule has 0 bridgehead atoms. The van der Waals surface area contributed by atoms with Gasteiger partial charge in [-0.2, -0.15) is 4.98 Å². The van der Waals surface area contributed by atoms with Gasteiger partial charge in [-0.15, -0.1) is 0 Å². The van der Waals surface area contributed by atoms with E-state index in [-0.39, 0.29) is 35.3 Å². The van der Waals surface area contributed by atoms with E-state index in [0.717, 1.165) is 36.8 Å². The highest BCUT2D eigenvalue weighted by molar-refractivity contribution is 6.31. The molecule has 4 unspecified atom stereocenters. The fourth-order valence-electron chi connectivity index (χ4n) is 5.58. The van der Waals surface area contributed by atoms with Crippen LogP contribution in [0.1, 0.15) is 56.3 Å². The SMILES string of the molecule is CC(N)CCCc1cc(Cl)c(F)c(-c2cc3cn(-c4ccc(C5CC(N)CC(CCN=C(N)N)O5)cc4)c(=O)nc3[nH]2)c1. The van der Waals surface area contributed by atoms with Gasteiger partial charge >= 0.3 is 5.69 Å². The molecule has 0 radical (unpaired) electrons. The highest BCUT2D eigenvalue weighted by Gasteiger charge is 2.28. The zero-order valence-electron chi connectivity index (χ0n) is 24.1. The topological polar surface area (TPSA) is 176 Å². The molecule has 4 atom stereocenters. The van der Waals surface area contributed by atoms with Crippen LogP contribution in [0.5, 0.6) is 0 Å². The van der Waals surface area contributed by atoms with Crippen LogP contribution in [-0.4, -0.2) is 45.2 Å². The van der Waals surface area contributed by atoms with E-state index in [1.807, 2.05) is 31.2 Å². The van der Waals surface area contributed by atoms with E-state index in [0.29, 0.717) is 47.4 Å². The van der Waals surface area contributed by atoms with Gasteiger partial charge in [0.05, 0.1) is 28.6 Å². The average molecular weight is 609 g/mol. The third-order valence-electron chi connectivity index (χ3n) is 7.74. The molecular formula is C31H38ClFN8O2. The number of hydrogen-bond acceptors (Lipinski definition) is 6. The van der Waals surface area contributed by atoms with Crippen molar-refractivity contribution in [3.8, 4) is 16.9 Å². The van der Waals surface area contributed by atoms with E-state index in [2.05, 4.69) is 15.0 Å². The number of nitrogens with one attached hydrogen (secondary N) is 1. The van der Waals surface area contributed by atoms with E-state index < -0.39 is 11.5 Å². The van der Waals surface area contributed by atoms with Crippen LogP contribution in [0.15, 0.2) is 58.4 Å². The monoisotopic (exact) mass is 608 g/mol. The first-order valence-electron chi connectivity index (χ1n) is 14.5. The molecule has 0 amide bonds. The number of rotatable bonds is 10. The predicted octanol–water partition coefficient (Wildman–Crippen LogP) is 4.05. The number of aryl methyl sites for hydroxylation is 1. The van der Waals surface area contributed by atoms with Crippen LogP contribution in [0.2, 0.25) is 5.02 Å². The zero-order chi connectivity index (χ0) is 30.7. The Labute approximate surface area is 254 Å². The summed E-state index contributed by atoms with van der Waals surface area (Å²) in [4.78, 5) is 24.4. The van der Waals surface area contributed by atoms with Gasteiger partial charge in [0.25, 0.3) is 0 Å². The van der Waals surface area contributed by atoms with Gasteiger partial charge in [0.2, 0.25) is 0 Å². The molecule has 0 spiro atoms. The molecule has 12 heteroatoms. The Morgan fingerprint density at radius 1 is 1.23 bits per heavy atom. The molecule has 0 saturated carbocycles. The van der Waals surface area contributed by atoms with Gasteiger partial charge in [0, 0.05) is 35.8 Å². The minimum atomic E-state index is -0.530. The highest BCUT2D eigenvalue weighted by Crippen LogP contribution is 2.33. The quantitative estimate of drug-likeness (QED) is 0.133. The number of fused-ring (bicyclic) bond motifs is 1. The number of H-pyrrole nitrogens is 1. The second kappa shape index (κ2) is 13.3. The van der Waals surface area contributed by atoms with Crippen LogP contribution in [0.4, 0.5) is 4.39 Å². The van der Waals surface area contributed by atoms with Crippen LogP contribution in [0, 0.1) is 5.82 Å². The summed E-state index contributed by atoms with van der Waals surface area (Å²) in [5.41, 5.74) is 26.3. The zero-order valence-corrected chi connectivity index (χ0v) is 24.9. The first kappa shape index (κ1) is 30.7. The second-order valence-electron chi connectivity index (χ2n) is 11.4. The summed E-state index contributed by atoms with van der Waals surface area (Å²) in [6.07, 6.45) is 6.01. The number of aromatic nitrogens is 3. The first-order chi connectivity index (χ1) is 20.6.